The van der Waals surface area contributed by atoms with E-state index in [1.807, 2.05) is 20.8 Å². The molecule has 17 heavy (non-hydrogen) atoms. The van der Waals surface area contributed by atoms with Crippen molar-refractivity contribution in [1.82, 2.24) is 15.5 Å². The zero-order valence-electron chi connectivity index (χ0n) is 10.7. The van der Waals surface area contributed by atoms with Gasteiger partial charge in [0.25, 0.3) is 0 Å². The molecule has 0 bridgehead atoms. The van der Waals surface area contributed by atoms with E-state index in [4.69, 9.17) is 0 Å². The highest BCUT2D eigenvalue weighted by atomic mass is 32.2. The average molecular weight is 259 g/mol. The number of nitrogens with one attached hydrogen (secondary N) is 2. The summed E-state index contributed by atoms with van der Waals surface area (Å²) in [5, 5.41) is 5.92. The summed E-state index contributed by atoms with van der Waals surface area (Å²) in [6, 6.07) is -0.0248. The minimum atomic E-state index is -0.133. The lowest BCUT2D eigenvalue weighted by atomic mass is 10.2. The van der Waals surface area contributed by atoms with Crippen molar-refractivity contribution < 1.29 is 9.59 Å². The first-order chi connectivity index (χ1) is 8.04. The van der Waals surface area contributed by atoms with E-state index >= 15 is 0 Å². The first-order valence-electron chi connectivity index (χ1n) is 5.93. The van der Waals surface area contributed by atoms with Crippen molar-refractivity contribution in [3.05, 3.63) is 0 Å². The molecule has 0 radical (unpaired) electrons. The summed E-state index contributed by atoms with van der Waals surface area (Å²) in [7, 11) is 0. The summed E-state index contributed by atoms with van der Waals surface area (Å²) in [5.74, 6) is 1.53. The fourth-order valence-corrected chi connectivity index (χ4v) is 2.59. The number of carbonyl (C=O) groups excluding carboxylic acids is 2. The van der Waals surface area contributed by atoms with Crippen LogP contribution >= 0.6 is 11.8 Å². The van der Waals surface area contributed by atoms with Crippen LogP contribution in [0.3, 0.4) is 0 Å². The van der Waals surface area contributed by atoms with Gasteiger partial charge in [0, 0.05) is 24.2 Å². The third-order valence-electron chi connectivity index (χ3n) is 2.49. The fraction of sp³-hybridized carbons (Fsp3) is 0.818. The van der Waals surface area contributed by atoms with Crippen LogP contribution in [0.15, 0.2) is 0 Å². The van der Waals surface area contributed by atoms with E-state index in [2.05, 4.69) is 10.6 Å². The topological polar surface area (TPSA) is 61.4 Å². The van der Waals surface area contributed by atoms with Crippen molar-refractivity contribution in [2.75, 3.05) is 24.7 Å². The summed E-state index contributed by atoms with van der Waals surface area (Å²) in [4.78, 5) is 25.3. The number of amides is 2. The Morgan fingerprint density at radius 1 is 1.53 bits per heavy atom. The second kappa shape index (κ2) is 6.86. The third-order valence-corrected chi connectivity index (χ3v) is 3.43. The Hall–Kier alpha value is -0.750. The van der Waals surface area contributed by atoms with Crippen LogP contribution in [-0.2, 0) is 9.59 Å². The highest BCUT2D eigenvalue weighted by molar-refractivity contribution is 7.99. The number of thioether (sulfide) groups is 1. The van der Waals surface area contributed by atoms with Crippen LogP contribution < -0.4 is 10.6 Å². The Morgan fingerprint density at radius 3 is 2.71 bits per heavy atom. The molecule has 1 aliphatic rings. The Bertz CT molecular complexity index is 278. The molecular weight excluding hydrogens is 238 g/mol. The minimum absolute atomic E-state index is 0.0245. The van der Waals surface area contributed by atoms with E-state index < -0.39 is 0 Å². The van der Waals surface area contributed by atoms with Crippen LogP contribution in [0.2, 0.25) is 0 Å². The molecule has 0 aromatic rings. The summed E-state index contributed by atoms with van der Waals surface area (Å²) in [6.07, 6.45) is 0. The standard InChI is InChI=1S/C11H21N3O2S/c1-4-14(5-10(15)13-8(2)3)11(16)9-6-17-7-12-9/h8-9,12H,4-7H2,1-3H3,(H,13,15). The number of nitrogens with zero attached hydrogens (tertiary/aromatic N) is 1. The predicted octanol–water partition coefficient (Wildman–Crippen LogP) is 0.0220. The highest BCUT2D eigenvalue weighted by Crippen LogP contribution is 2.11. The van der Waals surface area contributed by atoms with Crippen LogP contribution in [0, 0.1) is 0 Å². The van der Waals surface area contributed by atoms with Gasteiger partial charge in [-0.3, -0.25) is 14.9 Å². The molecule has 1 saturated heterocycles. The van der Waals surface area contributed by atoms with Crippen LogP contribution in [0.4, 0.5) is 0 Å². The predicted molar refractivity (Wildman–Crippen MR) is 69.8 cm³/mol. The molecule has 0 aliphatic carbocycles. The van der Waals surface area contributed by atoms with Crippen LogP contribution in [0.1, 0.15) is 20.8 Å². The van der Waals surface area contributed by atoms with Gasteiger partial charge >= 0.3 is 0 Å². The van der Waals surface area contributed by atoms with Crippen molar-refractivity contribution in [2.45, 2.75) is 32.9 Å². The molecule has 0 aromatic carbocycles. The average Bonchev–Trinajstić information content (AvgIpc) is 2.77. The van der Waals surface area contributed by atoms with E-state index in [0.717, 1.165) is 11.6 Å². The molecule has 1 atom stereocenters. The molecule has 0 spiro atoms. The summed E-state index contributed by atoms with van der Waals surface area (Å²) >= 11 is 1.71. The molecule has 1 rings (SSSR count). The SMILES string of the molecule is CCN(CC(=O)NC(C)C)C(=O)C1CSCN1. The van der Waals surface area contributed by atoms with Crippen LogP contribution in [0.5, 0.6) is 0 Å². The molecule has 1 heterocycles. The molecular formula is C11H21N3O2S. The maximum Gasteiger partial charge on any atom is 0.241 e. The maximum atomic E-state index is 12.1. The molecule has 5 nitrogen and oxygen atoms in total. The Morgan fingerprint density at radius 2 is 2.24 bits per heavy atom. The second-order valence-corrected chi connectivity index (χ2v) is 5.38. The first kappa shape index (κ1) is 14.3. The fourth-order valence-electron chi connectivity index (χ4n) is 1.66. The van der Waals surface area contributed by atoms with Gasteiger partial charge in [0.15, 0.2) is 0 Å². The van der Waals surface area contributed by atoms with E-state index in [0.29, 0.717) is 6.54 Å². The second-order valence-electron chi connectivity index (χ2n) is 4.35. The van der Waals surface area contributed by atoms with Crippen LogP contribution in [-0.4, -0.2) is 53.5 Å². The molecule has 1 unspecified atom stereocenters. The van der Waals surface area contributed by atoms with Gasteiger partial charge in [-0.05, 0) is 20.8 Å². The van der Waals surface area contributed by atoms with Crippen LogP contribution in [0.25, 0.3) is 0 Å². The van der Waals surface area contributed by atoms with Gasteiger partial charge in [-0.15, -0.1) is 11.8 Å². The Kier molecular flexibility index (Phi) is 5.77. The molecule has 0 aromatic heterocycles. The van der Waals surface area contributed by atoms with E-state index in [1.54, 1.807) is 16.7 Å². The van der Waals surface area contributed by atoms with Gasteiger partial charge in [-0.2, -0.15) is 0 Å². The van der Waals surface area contributed by atoms with E-state index in [-0.39, 0.29) is 30.4 Å². The van der Waals surface area contributed by atoms with Gasteiger partial charge in [-0.25, -0.2) is 0 Å². The number of hydrogen-bond donors (Lipinski definition) is 2. The van der Waals surface area contributed by atoms with Gasteiger partial charge in [0.2, 0.25) is 11.8 Å². The van der Waals surface area contributed by atoms with Crippen molar-refractivity contribution in [2.24, 2.45) is 0 Å². The minimum Gasteiger partial charge on any atom is -0.352 e. The largest absolute Gasteiger partial charge is 0.352 e. The number of hydrogen-bond acceptors (Lipinski definition) is 4. The lowest BCUT2D eigenvalue weighted by Crippen LogP contribution is -2.49. The zero-order valence-corrected chi connectivity index (χ0v) is 11.5. The van der Waals surface area contributed by atoms with Crippen molar-refractivity contribution in [3.63, 3.8) is 0 Å². The lowest BCUT2D eigenvalue weighted by Gasteiger charge is -2.23. The zero-order chi connectivity index (χ0) is 12.8. The summed E-state index contributed by atoms with van der Waals surface area (Å²) in [5.41, 5.74) is 0. The van der Waals surface area contributed by atoms with Gasteiger partial charge < -0.3 is 10.2 Å². The quantitative estimate of drug-likeness (QED) is 0.731. The number of rotatable bonds is 5. The molecule has 6 heteroatoms. The highest BCUT2D eigenvalue weighted by Gasteiger charge is 2.27. The number of likely N-dealkylation sites (N-methyl/N-ethyl adjacent to an activating group) is 1. The smallest absolute Gasteiger partial charge is 0.241 e. The van der Waals surface area contributed by atoms with Crippen molar-refractivity contribution in [3.8, 4) is 0 Å². The molecule has 0 saturated carbocycles. The van der Waals surface area contributed by atoms with Gasteiger partial charge in [0.05, 0.1) is 12.6 Å². The Balaban J connectivity index is 2.46. The van der Waals surface area contributed by atoms with Gasteiger partial charge in [0.1, 0.15) is 0 Å². The molecule has 2 amide bonds. The first-order valence-corrected chi connectivity index (χ1v) is 7.09. The summed E-state index contributed by atoms with van der Waals surface area (Å²) in [6.45, 7) is 6.42. The Labute approximate surface area is 107 Å². The van der Waals surface area contributed by atoms with Crippen molar-refractivity contribution >= 4 is 23.6 Å². The normalized spacial score (nSPS) is 19.4. The number of carbonyl (C=O) groups is 2. The lowest BCUT2D eigenvalue weighted by molar-refractivity contribution is -0.137. The van der Waals surface area contributed by atoms with E-state index in [9.17, 15) is 9.59 Å². The van der Waals surface area contributed by atoms with Crippen molar-refractivity contribution in [1.29, 1.82) is 0 Å². The van der Waals surface area contributed by atoms with Gasteiger partial charge in [-0.1, -0.05) is 0 Å². The molecule has 1 aliphatic heterocycles. The molecule has 1 fully saturated rings. The summed E-state index contributed by atoms with van der Waals surface area (Å²) < 4.78 is 0. The van der Waals surface area contributed by atoms with E-state index in [1.165, 1.54) is 0 Å². The third kappa shape index (κ3) is 4.55. The molecule has 2 N–H and O–H groups in total. The maximum absolute atomic E-state index is 12.1. The molecule has 98 valence electrons. The monoisotopic (exact) mass is 259 g/mol.